The van der Waals surface area contributed by atoms with Crippen molar-refractivity contribution in [1.82, 2.24) is 14.0 Å². The summed E-state index contributed by atoms with van der Waals surface area (Å²) in [5.74, 6) is -0.508. The minimum absolute atomic E-state index is 0.137. The van der Waals surface area contributed by atoms with Gasteiger partial charge in [0.25, 0.3) is 11.5 Å². The Bertz CT molecular complexity index is 1500. The highest BCUT2D eigenvalue weighted by molar-refractivity contribution is 5.92. The van der Waals surface area contributed by atoms with E-state index in [0.717, 1.165) is 5.56 Å². The number of benzene rings is 1. The molecule has 7 nitrogen and oxygen atoms in total. The lowest BCUT2D eigenvalue weighted by Crippen LogP contribution is -2.30. The predicted molar refractivity (Wildman–Crippen MR) is 118 cm³/mol. The molecule has 31 heavy (non-hydrogen) atoms. The molecule has 0 spiro atoms. The van der Waals surface area contributed by atoms with E-state index in [1.54, 1.807) is 35.0 Å². The zero-order valence-electron chi connectivity index (χ0n) is 17.1. The lowest BCUT2D eigenvalue weighted by molar-refractivity contribution is -0.113. The molecule has 0 aliphatic rings. The fourth-order valence-electron chi connectivity index (χ4n) is 3.40. The van der Waals surface area contributed by atoms with Gasteiger partial charge in [-0.15, -0.1) is 0 Å². The molecule has 0 atom stereocenters. The molecule has 3 aromatic heterocycles. The number of carbonyl (C=O) groups is 1. The van der Waals surface area contributed by atoms with Crippen LogP contribution in [0.15, 0.2) is 76.7 Å². The number of pyridine rings is 2. The van der Waals surface area contributed by atoms with E-state index in [4.69, 9.17) is 0 Å². The minimum atomic E-state index is -0.508. The first-order valence-electron chi connectivity index (χ1n) is 9.78. The molecule has 7 heteroatoms. The van der Waals surface area contributed by atoms with Crippen molar-refractivity contribution in [2.75, 3.05) is 0 Å². The summed E-state index contributed by atoms with van der Waals surface area (Å²) in [5, 5.41) is 10.0. The number of fused-ring (bicyclic) bond motifs is 2. The Labute approximate surface area is 177 Å². The predicted octanol–water partition coefficient (Wildman–Crippen LogP) is 3.24. The molecule has 1 aromatic carbocycles. The van der Waals surface area contributed by atoms with Gasteiger partial charge in [-0.1, -0.05) is 36.4 Å². The van der Waals surface area contributed by atoms with E-state index < -0.39 is 5.91 Å². The Morgan fingerprint density at radius 1 is 1.16 bits per heavy atom. The molecule has 0 radical (unpaired) electrons. The van der Waals surface area contributed by atoms with Crippen LogP contribution in [0.25, 0.3) is 22.8 Å². The van der Waals surface area contributed by atoms with Crippen molar-refractivity contribution in [2.45, 2.75) is 19.9 Å². The van der Waals surface area contributed by atoms with Crippen LogP contribution in [-0.2, 0) is 4.79 Å². The summed E-state index contributed by atoms with van der Waals surface area (Å²) < 4.78 is 3.09. The molecular formula is C24H19N5O2. The SMILES string of the molecule is CC(C)n1c(=NC(=O)C=Cc2ccccc2)c(C#N)cc2c(=O)n3ccccc3nc21. The van der Waals surface area contributed by atoms with Crippen LogP contribution < -0.4 is 11.0 Å². The van der Waals surface area contributed by atoms with Crippen molar-refractivity contribution in [3.63, 3.8) is 0 Å². The molecule has 1 amide bonds. The maximum atomic E-state index is 13.0. The Kier molecular flexibility index (Phi) is 5.29. The van der Waals surface area contributed by atoms with Gasteiger partial charge in [0.15, 0.2) is 5.49 Å². The smallest absolute Gasteiger partial charge is 0.271 e. The number of aromatic nitrogens is 3. The highest BCUT2D eigenvalue weighted by Gasteiger charge is 2.16. The Balaban J connectivity index is 1.99. The summed E-state index contributed by atoms with van der Waals surface area (Å²) in [6.45, 7) is 3.77. The van der Waals surface area contributed by atoms with Gasteiger partial charge >= 0.3 is 0 Å². The largest absolute Gasteiger partial charge is 0.306 e. The van der Waals surface area contributed by atoms with E-state index in [0.29, 0.717) is 16.7 Å². The topological polar surface area (TPSA) is 92.5 Å². The summed E-state index contributed by atoms with van der Waals surface area (Å²) in [6, 6.07) is 18.0. The number of nitrogens with zero attached hydrogens (tertiary/aromatic N) is 5. The molecule has 0 saturated heterocycles. The van der Waals surface area contributed by atoms with Crippen molar-refractivity contribution in [3.8, 4) is 6.07 Å². The molecule has 4 rings (SSSR count). The van der Waals surface area contributed by atoms with E-state index in [1.807, 2.05) is 44.2 Å². The van der Waals surface area contributed by atoms with Crippen LogP contribution in [0.2, 0.25) is 0 Å². The van der Waals surface area contributed by atoms with Crippen LogP contribution >= 0.6 is 0 Å². The number of nitriles is 1. The molecular weight excluding hydrogens is 390 g/mol. The van der Waals surface area contributed by atoms with Gasteiger partial charge in [-0.2, -0.15) is 10.3 Å². The molecule has 0 fully saturated rings. The minimum Gasteiger partial charge on any atom is -0.306 e. The van der Waals surface area contributed by atoms with Crippen molar-refractivity contribution < 1.29 is 4.79 Å². The summed E-state index contributed by atoms with van der Waals surface area (Å²) >= 11 is 0. The molecule has 0 aliphatic carbocycles. The van der Waals surface area contributed by atoms with Gasteiger partial charge in [-0.3, -0.25) is 14.0 Å². The third-order valence-electron chi connectivity index (χ3n) is 4.81. The first-order chi connectivity index (χ1) is 15.0. The third-order valence-corrected chi connectivity index (χ3v) is 4.81. The van der Waals surface area contributed by atoms with Gasteiger partial charge in [0.05, 0.1) is 10.9 Å². The first kappa shape index (κ1) is 20.0. The standard InChI is InChI=1S/C24H19N5O2/c1-16(2)29-22(27-21(30)12-11-17-8-4-3-5-9-17)18(15-25)14-19-23(29)26-20-10-6-7-13-28(20)24(19)31/h3-14,16H,1-2H3. The lowest BCUT2D eigenvalue weighted by atomic mass is 10.2. The molecule has 0 aliphatic heterocycles. The third kappa shape index (κ3) is 3.79. The molecule has 152 valence electrons. The fourth-order valence-corrected chi connectivity index (χ4v) is 3.40. The molecule has 0 unspecified atom stereocenters. The molecule has 4 aromatic rings. The molecule has 0 bridgehead atoms. The second-order valence-electron chi connectivity index (χ2n) is 7.23. The van der Waals surface area contributed by atoms with Gasteiger partial charge in [-0.05, 0) is 43.7 Å². The normalized spacial score (nSPS) is 12.1. The van der Waals surface area contributed by atoms with Crippen LogP contribution in [0.1, 0.15) is 31.0 Å². The maximum Gasteiger partial charge on any atom is 0.271 e. The maximum absolute atomic E-state index is 13.0. The van der Waals surface area contributed by atoms with Gasteiger partial charge < -0.3 is 4.57 Å². The van der Waals surface area contributed by atoms with Gasteiger partial charge in [-0.25, -0.2) is 4.98 Å². The monoisotopic (exact) mass is 409 g/mol. The van der Waals surface area contributed by atoms with E-state index in [2.05, 4.69) is 16.0 Å². The average Bonchev–Trinajstić information content (AvgIpc) is 2.78. The second-order valence-corrected chi connectivity index (χ2v) is 7.23. The first-order valence-corrected chi connectivity index (χ1v) is 9.78. The van der Waals surface area contributed by atoms with Gasteiger partial charge in [0.1, 0.15) is 17.4 Å². The molecule has 0 saturated carbocycles. The van der Waals surface area contributed by atoms with Crippen molar-refractivity contribution in [1.29, 1.82) is 5.26 Å². The Morgan fingerprint density at radius 2 is 1.90 bits per heavy atom. The van der Waals surface area contributed by atoms with E-state index >= 15 is 0 Å². The zero-order valence-corrected chi connectivity index (χ0v) is 17.1. The van der Waals surface area contributed by atoms with Crippen LogP contribution in [0.5, 0.6) is 0 Å². The fraction of sp³-hybridized carbons (Fsp3) is 0.125. The number of carbonyl (C=O) groups excluding carboxylic acids is 1. The van der Waals surface area contributed by atoms with Crippen molar-refractivity contribution in [2.24, 2.45) is 4.99 Å². The summed E-state index contributed by atoms with van der Waals surface area (Å²) in [7, 11) is 0. The van der Waals surface area contributed by atoms with Crippen LogP contribution in [-0.4, -0.2) is 19.9 Å². The number of hydrogen-bond donors (Lipinski definition) is 0. The van der Waals surface area contributed by atoms with Crippen molar-refractivity contribution >= 4 is 28.7 Å². The highest BCUT2D eigenvalue weighted by atomic mass is 16.1. The van der Waals surface area contributed by atoms with Crippen LogP contribution in [0.3, 0.4) is 0 Å². The lowest BCUT2D eigenvalue weighted by Gasteiger charge is -2.16. The zero-order chi connectivity index (χ0) is 22.0. The number of rotatable bonds is 3. The summed E-state index contributed by atoms with van der Waals surface area (Å²) in [4.78, 5) is 34.4. The highest BCUT2D eigenvalue weighted by Crippen LogP contribution is 2.14. The second kappa shape index (κ2) is 8.20. The van der Waals surface area contributed by atoms with E-state index in [-0.39, 0.29) is 22.7 Å². The quantitative estimate of drug-likeness (QED) is 0.384. The average molecular weight is 409 g/mol. The number of hydrogen-bond acceptors (Lipinski definition) is 4. The van der Waals surface area contributed by atoms with Crippen molar-refractivity contribution in [3.05, 3.63) is 93.8 Å². The molecule has 0 N–H and O–H groups in total. The summed E-state index contributed by atoms with van der Waals surface area (Å²) in [6.07, 6.45) is 4.65. The Morgan fingerprint density at radius 3 is 2.61 bits per heavy atom. The van der Waals surface area contributed by atoms with Gasteiger partial charge in [0, 0.05) is 18.3 Å². The van der Waals surface area contributed by atoms with E-state index in [1.165, 1.54) is 16.5 Å². The number of amides is 1. The van der Waals surface area contributed by atoms with E-state index in [9.17, 15) is 14.9 Å². The van der Waals surface area contributed by atoms with Crippen LogP contribution in [0.4, 0.5) is 0 Å². The molecule has 3 heterocycles. The summed E-state index contributed by atoms with van der Waals surface area (Å²) in [5.41, 5.74) is 1.75. The van der Waals surface area contributed by atoms with Gasteiger partial charge in [0.2, 0.25) is 0 Å². The Hall–Kier alpha value is -4.31. The van der Waals surface area contributed by atoms with Crippen LogP contribution in [0, 0.1) is 11.3 Å².